The molecule has 2 rings (SSSR count). The predicted octanol–water partition coefficient (Wildman–Crippen LogP) is 4.13. The molecular formula is C13H16ClIN4O. The topological polar surface area (TPSA) is 63.0 Å². The lowest BCUT2D eigenvalue weighted by atomic mass is 10.3. The van der Waals surface area contributed by atoms with Crippen molar-refractivity contribution in [3.05, 3.63) is 32.7 Å². The van der Waals surface area contributed by atoms with Gasteiger partial charge >= 0.3 is 6.01 Å². The van der Waals surface area contributed by atoms with Crippen LogP contribution in [0.5, 0.6) is 0 Å². The molecule has 0 aliphatic carbocycles. The lowest BCUT2D eigenvalue weighted by Gasteiger charge is -2.08. The maximum Gasteiger partial charge on any atom is 0.320 e. The molecule has 5 nitrogen and oxygen atoms in total. The molecule has 0 bridgehead atoms. The lowest BCUT2D eigenvalue weighted by molar-refractivity contribution is 0.424. The molecule has 0 aliphatic heterocycles. The van der Waals surface area contributed by atoms with Crippen molar-refractivity contribution < 1.29 is 4.42 Å². The fourth-order valence-corrected chi connectivity index (χ4v) is 2.62. The van der Waals surface area contributed by atoms with E-state index in [4.69, 9.17) is 16.0 Å². The quantitative estimate of drug-likeness (QED) is 0.706. The first-order chi connectivity index (χ1) is 9.60. The second kappa shape index (κ2) is 7.24. The van der Waals surface area contributed by atoms with E-state index < -0.39 is 0 Å². The summed E-state index contributed by atoms with van der Waals surface area (Å²) >= 11 is 8.12. The molecule has 0 spiro atoms. The molecule has 0 saturated heterocycles. The summed E-state index contributed by atoms with van der Waals surface area (Å²) in [4.78, 5) is 0. The first-order valence-corrected chi connectivity index (χ1v) is 7.84. The summed E-state index contributed by atoms with van der Waals surface area (Å²) < 4.78 is 6.59. The van der Waals surface area contributed by atoms with Crippen molar-refractivity contribution in [3.63, 3.8) is 0 Å². The fourth-order valence-electron chi connectivity index (χ4n) is 1.61. The van der Waals surface area contributed by atoms with Crippen LogP contribution in [0.25, 0.3) is 0 Å². The van der Waals surface area contributed by atoms with Gasteiger partial charge in [0, 0.05) is 8.59 Å². The minimum atomic E-state index is 0.0438. The molecule has 1 unspecified atom stereocenters. The van der Waals surface area contributed by atoms with E-state index in [-0.39, 0.29) is 6.04 Å². The summed E-state index contributed by atoms with van der Waals surface area (Å²) in [6, 6.07) is 5.99. The van der Waals surface area contributed by atoms with Crippen LogP contribution in [0.1, 0.15) is 32.2 Å². The Morgan fingerprint density at radius 1 is 1.40 bits per heavy atom. The molecule has 2 aromatic rings. The van der Waals surface area contributed by atoms with Crippen molar-refractivity contribution in [3.8, 4) is 0 Å². The van der Waals surface area contributed by atoms with Crippen molar-refractivity contribution in [1.29, 1.82) is 0 Å². The molecule has 2 N–H and O–H groups in total. The Kier molecular flexibility index (Phi) is 5.62. The van der Waals surface area contributed by atoms with E-state index >= 15 is 0 Å². The Balaban J connectivity index is 2.05. The Hall–Kier alpha value is -0.860. The number of anilines is 2. The van der Waals surface area contributed by atoms with Crippen LogP contribution < -0.4 is 10.6 Å². The maximum absolute atomic E-state index is 5.92. The summed E-state index contributed by atoms with van der Waals surface area (Å²) in [6.45, 7) is 5.03. The molecule has 1 aromatic heterocycles. The molecule has 0 saturated carbocycles. The predicted molar refractivity (Wildman–Crippen MR) is 88.5 cm³/mol. The normalized spacial score (nSPS) is 12.4. The molecule has 1 atom stereocenters. The van der Waals surface area contributed by atoms with E-state index in [9.17, 15) is 0 Å². The van der Waals surface area contributed by atoms with Crippen LogP contribution in [0.15, 0.2) is 22.6 Å². The first kappa shape index (κ1) is 15.5. The average Bonchev–Trinajstić information content (AvgIpc) is 2.88. The van der Waals surface area contributed by atoms with Gasteiger partial charge in [-0.15, -0.1) is 5.10 Å². The molecule has 0 aliphatic rings. The van der Waals surface area contributed by atoms with Gasteiger partial charge in [-0.1, -0.05) is 23.6 Å². The summed E-state index contributed by atoms with van der Waals surface area (Å²) in [5.41, 5.74) is 0.888. The van der Waals surface area contributed by atoms with Crippen LogP contribution in [0.4, 0.5) is 11.7 Å². The van der Waals surface area contributed by atoms with Crippen molar-refractivity contribution in [2.24, 2.45) is 0 Å². The number of aromatic nitrogens is 2. The lowest BCUT2D eigenvalue weighted by Crippen LogP contribution is -2.19. The van der Waals surface area contributed by atoms with Gasteiger partial charge in [0.2, 0.25) is 5.89 Å². The van der Waals surface area contributed by atoms with E-state index in [2.05, 4.69) is 50.3 Å². The van der Waals surface area contributed by atoms with Crippen molar-refractivity contribution in [2.45, 2.75) is 26.3 Å². The van der Waals surface area contributed by atoms with Crippen LogP contribution >= 0.6 is 34.2 Å². The van der Waals surface area contributed by atoms with Crippen LogP contribution in [0.2, 0.25) is 5.02 Å². The number of benzene rings is 1. The Labute approximate surface area is 136 Å². The molecule has 0 fully saturated rings. The number of hydrogen-bond acceptors (Lipinski definition) is 5. The van der Waals surface area contributed by atoms with E-state index in [0.717, 1.165) is 22.2 Å². The summed E-state index contributed by atoms with van der Waals surface area (Å²) in [6.07, 6.45) is 1.06. The van der Waals surface area contributed by atoms with E-state index in [1.54, 1.807) is 0 Å². The average molecular weight is 407 g/mol. The van der Waals surface area contributed by atoms with Crippen LogP contribution in [-0.4, -0.2) is 16.7 Å². The first-order valence-electron chi connectivity index (χ1n) is 6.39. The minimum Gasteiger partial charge on any atom is -0.406 e. The third-order valence-electron chi connectivity index (χ3n) is 2.68. The Morgan fingerprint density at radius 2 is 2.20 bits per heavy atom. The molecular weight excluding hydrogens is 391 g/mol. The third-order valence-corrected chi connectivity index (χ3v) is 3.81. The number of nitrogens with one attached hydrogen (secondary N) is 2. The zero-order valence-electron chi connectivity index (χ0n) is 11.3. The third kappa shape index (κ3) is 4.07. The molecule has 108 valence electrons. The second-order valence-corrected chi connectivity index (χ2v) is 5.97. The maximum atomic E-state index is 5.92. The van der Waals surface area contributed by atoms with Crippen molar-refractivity contribution >= 4 is 45.9 Å². The Morgan fingerprint density at radius 3 is 2.90 bits per heavy atom. The monoisotopic (exact) mass is 406 g/mol. The molecule has 0 radical (unpaired) electrons. The summed E-state index contributed by atoms with van der Waals surface area (Å²) in [7, 11) is 0. The SMILES string of the molecule is CCCNC(C)c1nnc(Nc2ccc(Cl)cc2I)o1. The van der Waals surface area contributed by atoms with Crippen LogP contribution in [-0.2, 0) is 0 Å². The smallest absolute Gasteiger partial charge is 0.320 e. The summed E-state index contributed by atoms with van der Waals surface area (Å²) in [5.74, 6) is 0.574. The number of rotatable bonds is 6. The van der Waals surface area contributed by atoms with Gasteiger partial charge in [-0.2, -0.15) is 0 Å². The highest BCUT2D eigenvalue weighted by atomic mass is 127. The molecule has 1 heterocycles. The molecule has 7 heteroatoms. The number of hydrogen-bond donors (Lipinski definition) is 2. The van der Waals surface area contributed by atoms with Gasteiger partial charge in [0.25, 0.3) is 0 Å². The zero-order chi connectivity index (χ0) is 14.5. The van der Waals surface area contributed by atoms with Crippen molar-refractivity contribution in [1.82, 2.24) is 15.5 Å². The Bertz CT molecular complexity index is 575. The van der Waals surface area contributed by atoms with Gasteiger partial charge in [0.1, 0.15) is 0 Å². The van der Waals surface area contributed by atoms with Gasteiger partial charge in [-0.25, -0.2) is 0 Å². The molecule has 1 aromatic carbocycles. The van der Waals surface area contributed by atoms with Crippen molar-refractivity contribution in [2.75, 3.05) is 11.9 Å². The second-order valence-electron chi connectivity index (χ2n) is 4.37. The standard InChI is InChI=1S/C13H16ClIN4O/c1-3-6-16-8(2)12-18-19-13(20-12)17-11-5-4-9(14)7-10(11)15/h4-5,7-8,16H,3,6H2,1-2H3,(H,17,19). The van der Waals surface area contributed by atoms with Gasteiger partial charge in [0.05, 0.1) is 11.7 Å². The van der Waals surface area contributed by atoms with E-state index in [1.165, 1.54) is 0 Å². The van der Waals surface area contributed by atoms with E-state index in [1.807, 2.05) is 25.1 Å². The zero-order valence-corrected chi connectivity index (χ0v) is 14.2. The summed E-state index contributed by atoms with van der Waals surface area (Å²) in [5, 5.41) is 15.1. The van der Waals surface area contributed by atoms with E-state index in [0.29, 0.717) is 16.9 Å². The molecule has 20 heavy (non-hydrogen) atoms. The fraction of sp³-hybridized carbons (Fsp3) is 0.385. The van der Waals surface area contributed by atoms with Crippen LogP contribution in [0.3, 0.4) is 0 Å². The minimum absolute atomic E-state index is 0.0438. The molecule has 0 amide bonds. The van der Waals surface area contributed by atoms with Gasteiger partial charge < -0.3 is 15.1 Å². The number of nitrogens with zero attached hydrogens (tertiary/aromatic N) is 2. The van der Waals surface area contributed by atoms with Gasteiger partial charge in [0.15, 0.2) is 0 Å². The van der Waals surface area contributed by atoms with Crippen LogP contribution in [0, 0.1) is 3.57 Å². The van der Waals surface area contributed by atoms with Gasteiger partial charge in [-0.3, -0.25) is 0 Å². The highest BCUT2D eigenvalue weighted by Crippen LogP contribution is 2.25. The highest BCUT2D eigenvalue weighted by Gasteiger charge is 2.13. The highest BCUT2D eigenvalue weighted by molar-refractivity contribution is 14.1. The van der Waals surface area contributed by atoms with Gasteiger partial charge in [-0.05, 0) is 60.7 Å². The number of halogens is 2. The largest absolute Gasteiger partial charge is 0.406 e.